The van der Waals surface area contributed by atoms with Crippen LogP contribution in [0.4, 0.5) is 0 Å². The molecule has 0 spiro atoms. The van der Waals surface area contributed by atoms with Crippen molar-refractivity contribution >= 4 is 12.2 Å². The van der Waals surface area contributed by atoms with Crippen LogP contribution in [0, 0.1) is 0 Å². The van der Waals surface area contributed by atoms with Gasteiger partial charge in [-0.3, -0.25) is 4.99 Å². The third kappa shape index (κ3) is 0.990. The first-order valence-corrected chi connectivity index (χ1v) is 3.55. The predicted octanol–water partition coefficient (Wildman–Crippen LogP) is -0.162. The first-order valence-electron chi connectivity index (χ1n) is 3.55. The minimum absolute atomic E-state index is 0.404. The van der Waals surface area contributed by atoms with Gasteiger partial charge >= 0.3 is 5.97 Å². The monoisotopic (exact) mass is 165 g/mol. The Bertz CT molecular complexity index is 342. The molecule has 62 valence electrons. The van der Waals surface area contributed by atoms with Gasteiger partial charge in [-0.05, 0) is 0 Å². The maximum atomic E-state index is 10.5. The molecule has 2 rings (SSSR count). The molecule has 1 aromatic heterocycles. The molecule has 0 bridgehead atoms. The van der Waals surface area contributed by atoms with Crippen LogP contribution < -0.4 is 0 Å². The van der Waals surface area contributed by atoms with E-state index in [9.17, 15) is 4.79 Å². The molecule has 0 fully saturated rings. The van der Waals surface area contributed by atoms with Crippen LogP contribution >= 0.6 is 0 Å². The highest BCUT2D eigenvalue weighted by Crippen LogP contribution is 2.11. The Balaban J connectivity index is 2.30. The number of aromatic nitrogens is 2. The summed E-state index contributed by atoms with van der Waals surface area (Å²) in [5, 5.41) is 8.65. The number of aromatic amines is 1. The van der Waals surface area contributed by atoms with Gasteiger partial charge in [-0.15, -0.1) is 0 Å². The fraction of sp³-hybridized carbons (Fsp3) is 0.286. The maximum Gasteiger partial charge on any atom is 0.328 e. The average Bonchev–Trinajstić information content (AvgIpc) is 2.49. The SMILES string of the molecule is O=C(O)[C@H]1Cc2[nH]cnc2C=N1. The fourth-order valence-corrected chi connectivity index (χ4v) is 1.16. The van der Waals surface area contributed by atoms with Crippen LogP contribution in [0.1, 0.15) is 11.4 Å². The number of H-pyrrole nitrogens is 1. The molecule has 1 aliphatic heterocycles. The fourth-order valence-electron chi connectivity index (χ4n) is 1.16. The summed E-state index contributed by atoms with van der Waals surface area (Å²) in [6.07, 6.45) is 3.44. The lowest BCUT2D eigenvalue weighted by molar-refractivity contribution is -0.138. The Labute approximate surface area is 68.2 Å². The van der Waals surface area contributed by atoms with Crippen LogP contribution in [0.5, 0.6) is 0 Å². The molecular weight excluding hydrogens is 158 g/mol. The van der Waals surface area contributed by atoms with Crippen LogP contribution in [0.25, 0.3) is 0 Å². The van der Waals surface area contributed by atoms with Gasteiger partial charge in [0.1, 0.15) is 5.69 Å². The van der Waals surface area contributed by atoms with Gasteiger partial charge in [-0.2, -0.15) is 0 Å². The molecule has 2 heterocycles. The van der Waals surface area contributed by atoms with E-state index in [1.165, 1.54) is 6.21 Å². The number of carboxylic acid groups (broad SMARTS) is 1. The van der Waals surface area contributed by atoms with Gasteiger partial charge in [-0.25, -0.2) is 9.78 Å². The van der Waals surface area contributed by atoms with Gasteiger partial charge in [0.25, 0.3) is 0 Å². The number of aliphatic imine (C=N–C) groups is 1. The topological polar surface area (TPSA) is 78.3 Å². The van der Waals surface area contributed by atoms with Crippen LogP contribution in [-0.2, 0) is 11.2 Å². The van der Waals surface area contributed by atoms with Gasteiger partial charge in [0, 0.05) is 18.3 Å². The molecule has 0 aromatic carbocycles. The maximum absolute atomic E-state index is 10.5. The lowest BCUT2D eigenvalue weighted by atomic mass is 10.1. The third-order valence-corrected chi connectivity index (χ3v) is 1.81. The van der Waals surface area contributed by atoms with Crippen molar-refractivity contribution in [3.63, 3.8) is 0 Å². The van der Waals surface area contributed by atoms with E-state index in [1.54, 1.807) is 6.33 Å². The summed E-state index contributed by atoms with van der Waals surface area (Å²) in [6, 6.07) is -0.655. The number of nitrogens with zero attached hydrogens (tertiary/aromatic N) is 2. The molecule has 0 aliphatic carbocycles. The molecule has 0 saturated heterocycles. The second-order valence-electron chi connectivity index (χ2n) is 2.60. The summed E-state index contributed by atoms with van der Waals surface area (Å²) < 4.78 is 0. The van der Waals surface area contributed by atoms with Crippen molar-refractivity contribution in [2.75, 3.05) is 0 Å². The first kappa shape index (κ1) is 7.02. The number of hydrogen-bond donors (Lipinski definition) is 2. The number of carbonyl (C=O) groups is 1. The molecule has 0 unspecified atom stereocenters. The molecule has 0 radical (unpaired) electrons. The highest BCUT2D eigenvalue weighted by Gasteiger charge is 2.22. The summed E-state index contributed by atoms with van der Waals surface area (Å²) in [4.78, 5) is 21.2. The Morgan fingerprint density at radius 1 is 1.75 bits per heavy atom. The molecule has 2 N–H and O–H groups in total. The molecule has 1 atom stereocenters. The molecular formula is C7H7N3O2. The van der Waals surface area contributed by atoms with E-state index in [1.807, 2.05) is 0 Å². The Morgan fingerprint density at radius 3 is 3.33 bits per heavy atom. The second-order valence-corrected chi connectivity index (χ2v) is 2.60. The van der Waals surface area contributed by atoms with E-state index in [-0.39, 0.29) is 0 Å². The zero-order chi connectivity index (χ0) is 8.55. The van der Waals surface area contributed by atoms with Crippen molar-refractivity contribution < 1.29 is 9.90 Å². The molecule has 12 heavy (non-hydrogen) atoms. The minimum atomic E-state index is -0.897. The summed E-state index contributed by atoms with van der Waals surface area (Å²) in [7, 11) is 0. The lowest BCUT2D eigenvalue weighted by Gasteiger charge is -2.10. The number of imidazole rings is 1. The van der Waals surface area contributed by atoms with Crippen molar-refractivity contribution in [3.8, 4) is 0 Å². The lowest BCUT2D eigenvalue weighted by Crippen LogP contribution is -2.24. The Morgan fingerprint density at radius 2 is 2.58 bits per heavy atom. The summed E-state index contributed by atoms with van der Waals surface area (Å²) >= 11 is 0. The van der Waals surface area contributed by atoms with Gasteiger partial charge in [0.05, 0.1) is 6.33 Å². The standard InChI is InChI=1S/C7H7N3O2/c11-7(12)5-1-4-6(2-8-5)10-3-9-4/h2-3,5H,1H2,(H,9,10)(H,11,12)/t5-/m1/s1. The van der Waals surface area contributed by atoms with Gasteiger partial charge in [-0.1, -0.05) is 0 Å². The zero-order valence-electron chi connectivity index (χ0n) is 6.19. The molecule has 1 aromatic rings. The molecule has 0 saturated carbocycles. The number of carboxylic acids is 1. The van der Waals surface area contributed by atoms with Gasteiger partial charge in [0.15, 0.2) is 6.04 Å². The molecule has 5 nitrogen and oxygen atoms in total. The number of hydrogen-bond acceptors (Lipinski definition) is 3. The average molecular weight is 165 g/mol. The minimum Gasteiger partial charge on any atom is -0.480 e. The number of rotatable bonds is 1. The number of fused-ring (bicyclic) bond motifs is 1. The molecule has 5 heteroatoms. The van der Waals surface area contributed by atoms with E-state index in [4.69, 9.17) is 5.11 Å². The predicted molar refractivity (Wildman–Crippen MR) is 41.3 cm³/mol. The summed E-state index contributed by atoms with van der Waals surface area (Å²) in [5.41, 5.74) is 1.59. The molecule has 0 amide bonds. The van der Waals surface area contributed by atoms with Crippen LogP contribution in [0.2, 0.25) is 0 Å². The molecule has 1 aliphatic rings. The van der Waals surface area contributed by atoms with E-state index in [0.29, 0.717) is 6.42 Å². The van der Waals surface area contributed by atoms with E-state index in [0.717, 1.165) is 11.4 Å². The summed E-state index contributed by atoms with van der Waals surface area (Å²) in [5.74, 6) is -0.897. The number of nitrogens with one attached hydrogen (secondary N) is 1. The van der Waals surface area contributed by atoms with Crippen molar-refractivity contribution in [2.24, 2.45) is 4.99 Å². The second kappa shape index (κ2) is 2.44. The van der Waals surface area contributed by atoms with Crippen molar-refractivity contribution in [3.05, 3.63) is 17.7 Å². The van der Waals surface area contributed by atoms with E-state index in [2.05, 4.69) is 15.0 Å². The highest BCUT2D eigenvalue weighted by molar-refractivity contribution is 5.85. The first-order chi connectivity index (χ1) is 5.77. The van der Waals surface area contributed by atoms with Crippen LogP contribution in [0.3, 0.4) is 0 Å². The normalized spacial score (nSPS) is 20.5. The quantitative estimate of drug-likeness (QED) is 0.606. The number of aliphatic carboxylic acids is 1. The van der Waals surface area contributed by atoms with Gasteiger partial charge < -0.3 is 10.1 Å². The van der Waals surface area contributed by atoms with Crippen LogP contribution in [0.15, 0.2) is 11.3 Å². The zero-order valence-corrected chi connectivity index (χ0v) is 6.19. The van der Waals surface area contributed by atoms with Crippen molar-refractivity contribution in [1.29, 1.82) is 0 Å². The highest BCUT2D eigenvalue weighted by atomic mass is 16.4. The largest absolute Gasteiger partial charge is 0.480 e. The Kier molecular flexibility index (Phi) is 1.43. The van der Waals surface area contributed by atoms with E-state index >= 15 is 0 Å². The Hall–Kier alpha value is -1.65. The van der Waals surface area contributed by atoms with Gasteiger partial charge in [0.2, 0.25) is 0 Å². The third-order valence-electron chi connectivity index (χ3n) is 1.81. The smallest absolute Gasteiger partial charge is 0.328 e. The summed E-state index contributed by atoms with van der Waals surface area (Å²) in [6.45, 7) is 0. The van der Waals surface area contributed by atoms with Crippen molar-refractivity contribution in [2.45, 2.75) is 12.5 Å². The van der Waals surface area contributed by atoms with Crippen molar-refractivity contribution in [1.82, 2.24) is 9.97 Å². The van der Waals surface area contributed by atoms with Crippen LogP contribution in [-0.4, -0.2) is 33.3 Å². The van der Waals surface area contributed by atoms with E-state index < -0.39 is 12.0 Å².